The van der Waals surface area contributed by atoms with Crippen LogP contribution in [0.5, 0.6) is 0 Å². The lowest BCUT2D eigenvalue weighted by Crippen LogP contribution is -2.51. The van der Waals surface area contributed by atoms with Crippen LogP contribution in [0.1, 0.15) is 48.9 Å². The van der Waals surface area contributed by atoms with Gasteiger partial charge in [-0.25, -0.2) is 0 Å². The Hall–Kier alpha value is -2.64. The Morgan fingerprint density at radius 1 is 1.07 bits per heavy atom. The van der Waals surface area contributed by atoms with E-state index in [-0.39, 0.29) is 29.6 Å². The highest BCUT2D eigenvalue weighted by molar-refractivity contribution is 5.99. The fraction of sp³-hybridized carbons (Fsp3) is 0.619. The highest BCUT2D eigenvalue weighted by Gasteiger charge is 2.30. The van der Waals surface area contributed by atoms with E-state index in [2.05, 4.69) is 0 Å². The van der Waals surface area contributed by atoms with Gasteiger partial charge in [0.05, 0.1) is 11.5 Å². The summed E-state index contributed by atoms with van der Waals surface area (Å²) in [6, 6.07) is 4.64. The van der Waals surface area contributed by atoms with E-state index in [0.717, 1.165) is 19.4 Å². The fourth-order valence-electron chi connectivity index (χ4n) is 4.77. The van der Waals surface area contributed by atoms with Crippen molar-refractivity contribution in [1.29, 1.82) is 0 Å². The molecule has 0 unspecified atom stereocenters. The highest BCUT2D eigenvalue weighted by Crippen LogP contribution is 2.29. The number of hydrogen-bond donors (Lipinski definition) is 0. The average molecular weight is 400 g/mol. The van der Waals surface area contributed by atoms with E-state index in [9.17, 15) is 19.7 Å². The van der Waals surface area contributed by atoms with Gasteiger partial charge in [-0.2, -0.15) is 0 Å². The SMILES string of the molecule is O=C1CN(c2ccc([N+](=O)[O-])c(C(=O)N3CCCC3)c2)CCN1CC1CCCC1. The molecule has 2 aliphatic heterocycles. The Morgan fingerprint density at radius 3 is 2.45 bits per heavy atom. The van der Waals surface area contributed by atoms with Crippen LogP contribution in [-0.2, 0) is 4.79 Å². The second-order valence-corrected chi connectivity index (χ2v) is 8.37. The summed E-state index contributed by atoms with van der Waals surface area (Å²) in [7, 11) is 0. The van der Waals surface area contributed by atoms with Crippen LogP contribution in [0.15, 0.2) is 18.2 Å². The van der Waals surface area contributed by atoms with Crippen molar-refractivity contribution in [3.63, 3.8) is 0 Å². The second kappa shape index (κ2) is 8.39. The number of nitrogens with zero attached hydrogens (tertiary/aromatic N) is 4. The number of benzene rings is 1. The molecule has 1 aromatic carbocycles. The van der Waals surface area contributed by atoms with E-state index in [4.69, 9.17) is 0 Å². The molecule has 0 N–H and O–H groups in total. The summed E-state index contributed by atoms with van der Waals surface area (Å²) in [5, 5.41) is 11.4. The topological polar surface area (TPSA) is 87.0 Å². The minimum Gasteiger partial charge on any atom is -0.360 e. The summed E-state index contributed by atoms with van der Waals surface area (Å²) >= 11 is 0. The van der Waals surface area contributed by atoms with Crippen molar-refractivity contribution in [3.8, 4) is 0 Å². The molecule has 3 aliphatic rings. The molecule has 29 heavy (non-hydrogen) atoms. The molecular weight excluding hydrogens is 372 g/mol. The number of likely N-dealkylation sites (tertiary alicyclic amines) is 1. The summed E-state index contributed by atoms with van der Waals surface area (Å²) in [6.07, 6.45) is 6.79. The van der Waals surface area contributed by atoms with Gasteiger partial charge in [-0.15, -0.1) is 0 Å². The number of nitro groups is 1. The maximum absolute atomic E-state index is 12.8. The number of carbonyl (C=O) groups excluding carboxylic acids is 2. The zero-order valence-corrected chi connectivity index (χ0v) is 16.7. The summed E-state index contributed by atoms with van der Waals surface area (Å²) in [4.78, 5) is 42.0. The molecule has 0 atom stereocenters. The molecule has 1 aliphatic carbocycles. The largest absolute Gasteiger partial charge is 0.360 e. The standard InChI is InChI=1S/C21H28N4O4/c26-20-15-23(11-12-24(20)14-16-5-1-2-6-16)17-7-8-19(25(28)29)18(13-17)21(27)22-9-3-4-10-22/h7-8,13,16H,1-6,9-12,14-15H2. The molecule has 8 nitrogen and oxygen atoms in total. The molecule has 0 spiro atoms. The minimum atomic E-state index is -0.502. The maximum Gasteiger partial charge on any atom is 0.282 e. The van der Waals surface area contributed by atoms with Gasteiger partial charge < -0.3 is 14.7 Å². The molecule has 1 aromatic rings. The lowest BCUT2D eigenvalue weighted by molar-refractivity contribution is -0.385. The lowest BCUT2D eigenvalue weighted by atomic mass is 10.1. The molecule has 0 radical (unpaired) electrons. The molecule has 1 saturated carbocycles. The first-order chi connectivity index (χ1) is 14.0. The van der Waals surface area contributed by atoms with Gasteiger partial charge in [-0.3, -0.25) is 19.7 Å². The first kappa shape index (κ1) is 19.7. The molecule has 0 bridgehead atoms. The van der Waals surface area contributed by atoms with Gasteiger partial charge in [0, 0.05) is 44.5 Å². The van der Waals surface area contributed by atoms with Crippen molar-refractivity contribution in [2.75, 3.05) is 44.2 Å². The molecule has 8 heteroatoms. The fourth-order valence-corrected chi connectivity index (χ4v) is 4.77. The Kier molecular flexibility index (Phi) is 5.69. The third-order valence-electron chi connectivity index (χ3n) is 6.44. The number of piperazine rings is 1. The lowest BCUT2D eigenvalue weighted by Gasteiger charge is -2.37. The zero-order chi connectivity index (χ0) is 20.4. The van der Waals surface area contributed by atoms with Crippen LogP contribution >= 0.6 is 0 Å². The van der Waals surface area contributed by atoms with E-state index >= 15 is 0 Å². The number of rotatable bonds is 5. The van der Waals surface area contributed by atoms with Gasteiger partial charge in [0.15, 0.2) is 0 Å². The quantitative estimate of drug-likeness (QED) is 0.560. The van der Waals surface area contributed by atoms with Crippen molar-refractivity contribution < 1.29 is 14.5 Å². The van der Waals surface area contributed by atoms with Gasteiger partial charge in [0.2, 0.25) is 5.91 Å². The smallest absolute Gasteiger partial charge is 0.282 e. The van der Waals surface area contributed by atoms with Crippen molar-refractivity contribution in [1.82, 2.24) is 9.80 Å². The van der Waals surface area contributed by atoms with Crippen LogP contribution in [0.25, 0.3) is 0 Å². The minimum absolute atomic E-state index is 0.0916. The molecule has 156 valence electrons. The number of anilines is 1. The van der Waals surface area contributed by atoms with Crippen LogP contribution < -0.4 is 4.90 Å². The van der Waals surface area contributed by atoms with Gasteiger partial charge in [0.1, 0.15) is 5.56 Å². The van der Waals surface area contributed by atoms with Crippen LogP contribution in [0.2, 0.25) is 0 Å². The molecule has 2 amide bonds. The first-order valence-corrected chi connectivity index (χ1v) is 10.6. The van der Waals surface area contributed by atoms with E-state index in [1.807, 2.05) is 9.80 Å². The van der Waals surface area contributed by atoms with E-state index in [1.165, 1.54) is 31.7 Å². The van der Waals surface area contributed by atoms with Gasteiger partial charge in [0.25, 0.3) is 11.6 Å². The zero-order valence-electron chi connectivity index (χ0n) is 16.7. The van der Waals surface area contributed by atoms with Crippen LogP contribution in [-0.4, -0.2) is 65.8 Å². The van der Waals surface area contributed by atoms with Crippen molar-refractivity contribution >= 4 is 23.2 Å². The molecule has 2 saturated heterocycles. The Labute approximate surface area is 170 Å². The van der Waals surface area contributed by atoms with E-state index in [0.29, 0.717) is 37.8 Å². The normalized spacial score (nSPS) is 20.6. The first-order valence-electron chi connectivity index (χ1n) is 10.6. The van der Waals surface area contributed by atoms with Crippen LogP contribution in [0.4, 0.5) is 11.4 Å². The Morgan fingerprint density at radius 2 is 1.79 bits per heavy atom. The molecular formula is C21H28N4O4. The number of nitro benzene ring substituents is 1. The number of amides is 2. The summed E-state index contributed by atoms with van der Waals surface area (Å²) < 4.78 is 0. The predicted molar refractivity (Wildman–Crippen MR) is 109 cm³/mol. The van der Waals surface area contributed by atoms with Crippen molar-refractivity contribution in [2.24, 2.45) is 5.92 Å². The molecule has 0 aromatic heterocycles. The maximum atomic E-state index is 12.8. The summed E-state index contributed by atoms with van der Waals surface area (Å²) in [5.74, 6) is 0.422. The van der Waals surface area contributed by atoms with E-state index < -0.39 is 4.92 Å². The number of carbonyl (C=O) groups is 2. The van der Waals surface area contributed by atoms with E-state index in [1.54, 1.807) is 17.0 Å². The van der Waals surface area contributed by atoms with Gasteiger partial charge in [-0.1, -0.05) is 12.8 Å². The Bertz CT molecular complexity index is 800. The van der Waals surface area contributed by atoms with Crippen LogP contribution in [0.3, 0.4) is 0 Å². The third kappa shape index (κ3) is 4.21. The number of hydrogen-bond acceptors (Lipinski definition) is 5. The average Bonchev–Trinajstić information content (AvgIpc) is 3.42. The molecule has 2 heterocycles. The monoisotopic (exact) mass is 400 g/mol. The third-order valence-corrected chi connectivity index (χ3v) is 6.44. The van der Waals surface area contributed by atoms with Crippen molar-refractivity contribution in [3.05, 3.63) is 33.9 Å². The van der Waals surface area contributed by atoms with Crippen LogP contribution in [0, 0.1) is 16.0 Å². The Balaban J connectivity index is 1.49. The van der Waals surface area contributed by atoms with Gasteiger partial charge >= 0.3 is 0 Å². The summed E-state index contributed by atoms with van der Waals surface area (Å²) in [5.41, 5.74) is 0.652. The second-order valence-electron chi connectivity index (χ2n) is 8.37. The molecule has 4 rings (SSSR count). The highest BCUT2D eigenvalue weighted by atomic mass is 16.6. The predicted octanol–water partition coefficient (Wildman–Crippen LogP) is 2.67. The molecule has 3 fully saturated rings. The van der Waals surface area contributed by atoms with Crippen molar-refractivity contribution in [2.45, 2.75) is 38.5 Å². The van der Waals surface area contributed by atoms with Gasteiger partial charge in [-0.05, 0) is 43.7 Å². The summed E-state index contributed by atoms with van der Waals surface area (Å²) in [6.45, 7) is 3.69.